The monoisotopic (exact) mass is 292 g/mol. The van der Waals surface area contributed by atoms with E-state index in [2.05, 4.69) is 35.0 Å². The Morgan fingerprint density at radius 2 is 1.95 bits per heavy atom. The minimum absolute atomic E-state index is 0.264. The van der Waals surface area contributed by atoms with Crippen LogP contribution >= 0.6 is 0 Å². The number of nitrogens with one attached hydrogen (secondary N) is 1. The first kappa shape index (κ1) is 16.7. The molecule has 0 amide bonds. The van der Waals surface area contributed by atoms with Crippen molar-refractivity contribution in [2.24, 2.45) is 0 Å². The molecular weight excluding hydrogens is 260 g/mol. The Bertz CT molecular complexity index is 343. The fraction of sp³-hybridized carbons (Fsp3) is 0.941. The van der Waals surface area contributed by atoms with Crippen LogP contribution in [-0.2, 0) is 0 Å². The van der Waals surface area contributed by atoms with E-state index in [9.17, 15) is 5.26 Å². The van der Waals surface area contributed by atoms with E-state index in [0.29, 0.717) is 6.04 Å². The quantitative estimate of drug-likeness (QED) is 0.815. The fourth-order valence-corrected chi connectivity index (χ4v) is 3.89. The van der Waals surface area contributed by atoms with Gasteiger partial charge in [0.25, 0.3) is 0 Å². The molecule has 4 nitrogen and oxygen atoms in total. The van der Waals surface area contributed by atoms with Crippen molar-refractivity contribution in [2.75, 3.05) is 39.3 Å². The highest BCUT2D eigenvalue weighted by atomic mass is 15.3. The van der Waals surface area contributed by atoms with Crippen molar-refractivity contribution in [1.82, 2.24) is 15.1 Å². The second kappa shape index (κ2) is 8.12. The summed E-state index contributed by atoms with van der Waals surface area (Å²) in [6.07, 6.45) is 6.84. The summed E-state index contributed by atoms with van der Waals surface area (Å²) in [5, 5.41) is 13.2. The molecule has 2 aliphatic rings. The lowest BCUT2D eigenvalue weighted by Gasteiger charge is -2.45. The molecule has 0 aromatic heterocycles. The summed E-state index contributed by atoms with van der Waals surface area (Å²) < 4.78 is 0. The Hall–Kier alpha value is -0.630. The zero-order chi connectivity index (χ0) is 15.1. The lowest BCUT2D eigenvalue weighted by molar-refractivity contribution is 0.0628. The molecule has 2 fully saturated rings. The molecule has 2 rings (SSSR count). The highest BCUT2D eigenvalue weighted by molar-refractivity contribution is 5.11. The summed E-state index contributed by atoms with van der Waals surface area (Å²) in [6, 6.07) is 3.21. The SMILES string of the molecule is CCCNC1(C#N)CCCC(N2CCN(CCC)CC2)C1. The second-order valence-corrected chi connectivity index (χ2v) is 6.75. The van der Waals surface area contributed by atoms with Gasteiger partial charge in [0.05, 0.1) is 6.07 Å². The van der Waals surface area contributed by atoms with Gasteiger partial charge in [-0.25, -0.2) is 0 Å². The molecule has 2 atom stereocenters. The van der Waals surface area contributed by atoms with E-state index in [1.807, 2.05) is 0 Å². The van der Waals surface area contributed by atoms with Crippen LogP contribution in [0.4, 0.5) is 0 Å². The maximum absolute atomic E-state index is 9.66. The topological polar surface area (TPSA) is 42.3 Å². The van der Waals surface area contributed by atoms with Gasteiger partial charge in [0.2, 0.25) is 0 Å². The smallest absolute Gasteiger partial charge is 0.108 e. The first-order valence-electron chi connectivity index (χ1n) is 8.85. The molecule has 0 radical (unpaired) electrons. The van der Waals surface area contributed by atoms with Crippen LogP contribution in [0.25, 0.3) is 0 Å². The van der Waals surface area contributed by atoms with E-state index in [0.717, 1.165) is 25.8 Å². The van der Waals surface area contributed by atoms with Crippen LogP contribution in [0.15, 0.2) is 0 Å². The number of nitrogens with zero attached hydrogens (tertiary/aromatic N) is 3. The molecule has 1 heterocycles. The molecule has 1 aliphatic carbocycles. The third kappa shape index (κ3) is 4.42. The molecule has 0 bridgehead atoms. The van der Waals surface area contributed by atoms with Crippen molar-refractivity contribution in [3.05, 3.63) is 0 Å². The first-order valence-corrected chi connectivity index (χ1v) is 8.85. The summed E-state index contributed by atoms with van der Waals surface area (Å²) >= 11 is 0. The molecule has 1 N–H and O–H groups in total. The summed E-state index contributed by atoms with van der Waals surface area (Å²) in [5.41, 5.74) is -0.264. The van der Waals surface area contributed by atoms with Gasteiger partial charge in [-0.3, -0.25) is 10.2 Å². The summed E-state index contributed by atoms with van der Waals surface area (Å²) in [7, 11) is 0. The molecule has 0 aromatic rings. The van der Waals surface area contributed by atoms with E-state index in [1.54, 1.807) is 0 Å². The minimum Gasteiger partial charge on any atom is -0.301 e. The van der Waals surface area contributed by atoms with Crippen molar-refractivity contribution >= 4 is 0 Å². The van der Waals surface area contributed by atoms with Gasteiger partial charge in [-0.2, -0.15) is 5.26 Å². The van der Waals surface area contributed by atoms with Crippen LogP contribution in [-0.4, -0.2) is 60.6 Å². The normalized spacial score (nSPS) is 32.0. The Balaban J connectivity index is 1.88. The van der Waals surface area contributed by atoms with Crippen molar-refractivity contribution in [1.29, 1.82) is 5.26 Å². The van der Waals surface area contributed by atoms with Crippen molar-refractivity contribution in [2.45, 2.75) is 64.0 Å². The molecule has 0 aromatic carbocycles. The van der Waals surface area contributed by atoms with E-state index in [4.69, 9.17) is 0 Å². The Labute approximate surface area is 130 Å². The average Bonchev–Trinajstić information content (AvgIpc) is 2.54. The Kier molecular flexibility index (Phi) is 6.47. The summed E-state index contributed by atoms with van der Waals surface area (Å²) in [5.74, 6) is 0. The van der Waals surface area contributed by atoms with Gasteiger partial charge in [-0.15, -0.1) is 0 Å². The molecule has 2 unspecified atom stereocenters. The maximum Gasteiger partial charge on any atom is 0.108 e. The molecule has 0 spiro atoms. The molecule has 4 heteroatoms. The largest absolute Gasteiger partial charge is 0.301 e. The van der Waals surface area contributed by atoms with Crippen LogP contribution in [0, 0.1) is 11.3 Å². The second-order valence-electron chi connectivity index (χ2n) is 6.75. The zero-order valence-corrected chi connectivity index (χ0v) is 13.9. The molecule has 120 valence electrons. The summed E-state index contributed by atoms with van der Waals surface area (Å²) in [4.78, 5) is 5.22. The Morgan fingerprint density at radius 3 is 2.57 bits per heavy atom. The maximum atomic E-state index is 9.66. The predicted octanol–water partition coefficient (Wildman–Crippen LogP) is 2.22. The lowest BCUT2D eigenvalue weighted by atomic mass is 9.79. The van der Waals surface area contributed by atoms with E-state index < -0.39 is 0 Å². The number of hydrogen-bond acceptors (Lipinski definition) is 4. The Morgan fingerprint density at radius 1 is 1.19 bits per heavy atom. The number of hydrogen-bond donors (Lipinski definition) is 1. The highest BCUT2D eigenvalue weighted by Gasteiger charge is 2.38. The van der Waals surface area contributed by atoms with Crippen LogP contribution in [0.3, 0.4) is 0 Å². The molecule has 1 saturated heterocycles. The average molecular weight is 292 g/mol. The van der Waals surface area contributed by atoms with Crippen LogP contribution in [0.2, 0.25) is 0 Å². The number of rotatable bonds is 6. The molecule has 1 saturated carbocycles. The summed E-state index contributed by atoms with van der Waals surface area (Å²) in [6.45, 7) is 11.4. The van der Waals surface area contributed by atoms with Gasteiger partial charge in [0, 0.05) is 32.2 Å². The zero-order valence-electron chi connectivity index (χ0n) is 13.9. The minimum atomic E-state index is -0.264. The van der Waals surface area contributed by atoms with Gasteiger partial charge in [0.1, 0.15) is 5.54 Å². The van der Waals surface area contributed by atoms with Crippen molar-refractivity contribution in [3.63, 3.8) is 0 Å². The fourth-order valence-electron chi connectivity index (χ4n) is 3.89. The lowest BCUT2D eigenvalue weighted by Crippen LogP contribution is -2.56. The van der Waals surface area contributed by atoms with Crippen LogP contribution < -0.4 is 5.32 Å². The van der Waals surface area contributed by atoms with Gasteiger partial charge >= 0.3 is 0 Å². The van der Waals surface area contributed by atoms with Gasteiger partial charge in [-0.1, -0.05) is 13.8 Å². The van der Waals surface area contributed by atoms with Crippen molar-refractivity contribution < 1.29 is 0 Å². The molecular formula is C17H32N4. The molecule has 1 aliphatic heterocycles. The third-order valence-electron chi connectivity index (χ3n) is 5.12. The standard InChI is InChI=1S/C17H32N4/c1-3-8-19-17(15-18)7-5-6-16(14-17)21-12-10-20(9-4-2)11-13-21/h16,19H,3-14H2,1-2H3. The number of nitriles is 1. The van der Waals surface area contributed by atoms with E-state index in [1.165, 1.54) is 52.0 Å². The molecule has 21 heavy (non-hydrogen) atoms. The third-order valence-corrected chi connectivity index (χ3v) is 5.12. The van der Waals surface area contributed by atoms with Gasteiger partial charge in [0.15, 0.2) is 0 Å². The van der Waals surface area contributed by atoms with E-state index in [-0.39, 0.29) is 5.54 Å². The first-order chi connectivity index (χ1) is 10.2. The number of piperazine rings is 1. The van der Waals surface area contributed by atoms with Crippen molar-refractivity contribution in [3.8, 4) is 6.07 Å². The highest BCUT2D eigenvalue weighted by Crippen LogP contribution is 2.31. The van der Waals surface area contributed by atoms with Crippen LogP contribution in [0.1, 0.15) is 52.4 Å². The predicted molar refractivity (Wildman–Crippen MR) is 87.2 cm³/mol. The van der Waals surface area contributed by atoms with Gasteiger partial charge < -0.3 is 4.90 Å². The van der Waals surface area contributed by atoms with E-state index >= 15 is 0 Å². The van der Waals surface area contributed by atoms with Crippen LogP contribution in [0.5, 0.6) is 0 Å². The van der Waals surface area contributed by atoms with Gasteiger partial charge in [-0.05, 0) is 51.6 Å².